The molecule has 5 aromatic heterocycles. The zero-order valence-electron chi connectivity index (χ0n) is 21.9. The summed E-state index contributed by atoms with van der Waals surface area (Å²) >= 11 is 0. The summed E-state index contributed by atoms with van der Waals surface area (Å²) in [4.78, 5) is 14.3. The number of nitrogens with zero attached hydrogens (tertiary/aromatic N) is 5. The van der Waals surface area contributed by atoms with Crippen LogP contribution in [0.5, 0.6) is 0 Å². The van der Waals surface area contributed by atoms with Gasteiger partial charge in [-0.25, -0.2) is 9.97 Å². The topological polar surface area (TPSA) is 48.0 Å². The number of aromatic nitrogens is 5. The van der Waals surface area contributed by atoms with Crippen molar-refractivity contribution in [1.29, 1.82) is 0 Å². The number of hydrogen-bond acceptors (Lipinski definition) is 3. The Hall–Kier alpha value is -5.55. The van der Waals surface area contributed by atoms with Crippen molar-refractivity contribution in [2.45, 2.75) is 6.42 Å². The molecule has 0 aliphatic heterocycles. The second-order valence-corrected chi connectivity index (χ2v) is 10.9. The molecule has 0 N–H and O–H groups in total. The third kappa shape index (κ3) is 2.68. The zero-order valence-corrected chi connectivity index (χ0v) is 21.9. The van der Waals surface area contributed by atoms with Crippen LogP contribution in [0.25, 0.3) is 77.1 Å². The van der Waals surface area contributed by atoms with E-state index in [4.69, 9.17) is 9.97 Å². The molecule has 190 valence electrons. The van der Waals surface area contributed by atoms with E-state index in [2.05, 4.69) is 98.9 Å². The highest BCUT2D eigenvalue weighted by Gasteiger charge is 2.26. The van der Waals surface area contributed by atoms with Crippen LogP contribution >= 0.6 is 0 Å². The Labute approximate surface area is 234 Å². The van der Waals surface area contributed by atoms with E-state index in [-0.39, 0.29) is 0 Å². The second kappa shape index (κ2) is 7.55. The van der Waals surface area contributed by atoms with E-state index < -0.39 is 0 Å². The maximum atomic E-state index is 5.13. The van der Waals surface area contributed by atoms with E-state index >= 15 is 0 Å². The van der Waals surface area contributed by atoms with Crippen molar-refractivity contribution in [3.63, 3.8) is 0 Å². The van der Waals surface area contributed by atoms with Gasteiger partial charge in [-0.3, -0.25) is 9.38 Å². The van der Waals surface area contributed by atoms with Gasteiger partial charge < -0.3 is 4.57 Å². The first-order valence-corrected chi connectivity index (χ1v) is 13.9. The fourth-order valence-electron chi connectivity index (χ4n) is 7.17. The molecule has 0 fully saturated rings. The predicted molar refractivity (Wildman–Crippen MR) is 166 cm³/mol. The summed E-state index contributed by atoms with van der Waals surface area (Å²) in [6, 6.07) is 35.0. The summed E-state index contributed by atoms with van der Waals surface area (Å²) < 4.78 is 4.61. The fraction of sp³-hybridized carbons (Fsp3) is 0.0278. The van der Waals surface area contributed by atoms with Crippen LogP contribution < -0.4 is 0 Å². The lowest BCUT2D eigenvalue weighted by Crippen LogP contribution is -1.96. The second-order valence-electron chi connectivity index (χ2n) is 10.9. The number of fused-ring (bicyclic) bond motifs is 15. The van der Waals surface area contributed by atoms with Gasteiger partial charge in [0.05, 0.1) is 22.7 Å². The fourth-order valence-corrected chi connectivity index (χ4v) is 7.17. The van der Waals surface area contributed by atoms with Crippen LogP contribution in [-0.4, -0.2) is 23.9 Å². The van der Waals surface area contributed by atoms with Gasteiger partial charge >= 0.3 is 0 Å². The average Bonchev–Trinajstić information content (AvgIpc) is 3.69. The summed E-state index contributed by atoms with van der Waals surface area (Å²) in [5, 5.41) is 6.10. The Balaban J connectivity index is 1.34. The summed E-state index contributed by atoms with van der Waals surface area (Å²) in [5.41, 5.74) is 12.7. The van der Waals surface area contributed by atoms with Crippen LogP contribution in [0, 0.1) is 0 Å². The minimum absolute atomic E-state index is 0.867. The van der Waals surface area contributed by atoms with Gasteiger partial charge in [0.2, 0.25) is 0 Å². The molecule has 0 saturated carbocycles. The molecule has 0 atom stereocenters. The highest BCUT2D eigenvalue weighted by molar-refractivity contribution is 6.17. The Morgan fingerprint density at radius 3 is 2.44 bits per heavy atom. The summed E-state index contributed by atoms with van der Waals surface area (Å²) in [6.45, 7) is 0. The van der Waals surface area contributed by atoms with E-state index in [1.807, 2.05) is 30.7 Å². The summed E-state index contributed by atoms with van der Waals surface area (Å²) in [5.74, 6) is 0. The molecular formula is C36H21N5. The van der Waals surface area contributed by atoms with Crippen molar-refractivity contribution < 1.29 is 0 Å². The molecule has 10 rings (SSSR count). The molecule has 0 amide bonds. The number of rotatable bonds is 1. The van der Waals surface area contributed by atoms with Gasteiger partial charge in [-0.15, -0.1) is 0 Å². The molecule has 0 bridgehead atoms. The van der Waals surface area contributed by atoms with Gasteiger partial charge in [0.1, 0.15) is 16.8 Å². The van der Waals surface area contributed by atoms with Crippen LogP contribution in [0.1, 0.15) is 11.1 Å². The molecule has 5 heteroatoms. The van der Waals surface area contributed by atoms with Crippen LogP contribution in [0.3, 0.4) is 0 Å². The quantitative estimate of drug-likeness (QED) is 0.204. The SMILES string of the molecule is c1ccc(-n2c3ccccc3c3cc4c(cc32)-c2ccc3c5cccnc5n5c6ccncc6nc5c3c2C4)cc1. The monoisotopic (exact) mass is 523 g/mol. The van der Waals surface area contributed by atoms with Gasteiger partial charge in [0.25, 0.3) is 0 Å². The van der Waals surface area contributed by atoms with Crippen molar-refractivity contribution in [2.24, 2.45) is 0 Å². The summed E-state index contributed by atoms with van der Waals surface area (Å²) in [6.07, 6.45) is 6.41. The van der Waals surface area contributed by atoms with Crippen molar-refractivity contribution in [1.82, 2.24) is 23.9 Å². The van der Waals surface area contributed by atoms with Gasteiger partial charge in [-0.05, 0) is 82.6 Å². The lowest BCUT2D eigenvalue weighted by Gasteiger charge is -2.12. The predicted octanol–water partition coefficient (Wildman–Crippen LogP) is 8.25. The average molecular weight is 524 g/mol. The highest BCUT2D eigenvalue weighted by atomic mass is 15.1. The third-order valence-corrected chi connectivity index (χ3v) is 8.85. The first-order chi connectivity index (χ1) is 20.3. The van der Waals surface area contributed by atoms with Crippen LogP contribution in [0.15, 0.2) is 116 Å². The lowest BCUT2D eigenvalue weighted by atomic mass is 9.98. The smallest absolute Gasteiger partial charge is 0.147 e. The molecule has 5 nitrogen and oxygen atoms in total. The molecule has 1 aliphatic rings. The van der Waals surface area contributed by atoms with Crippen molar-refractivity contribution in [3.8, 4) is 16.8 Å². The first-order valence-electron chi connectivity index (χ1n) is 13.9. The number of imidazole rings is 1. The molecule has 41 heavy (non-hydrogen) atoms. The van der Waals surface area contributed by atoms with Crippen molar-refractivity contribution >= 4 is 60.3 Å². The molecule has 0 spiro atoms. The highest BCUT2D eigenvalue weighted by Crippen LogP contribution is 2.46. The number of pyridine rings is 3. The third-order valence-electron chi connectivity index (χ3n) is 8.85. The molecule has 9 aromatic rings. The molecule has 5 heterocycles. The minimum Gasteiger partial charge on any atom is -0.309 e. The van der Waals surface area contributed by atoms with Gasteiger partial charge in [-0.1, -0.05) is 48.5 Å². The Morgan fingerprint density at radius 1 is 0.610 bits per heavy atom. The molecule has 0 unspecified atom stereocenters. The zero-order chi connectivity index (χ0) is 26.7. The van der Waals surface area contributed by atoms with Gasteiger partial charge in [0.15, 0.2) is 0 Å². The molecule has 1 aliphatic carbocycles. The molecule has 0 saturated heterocycles. The standard InChI is InChI=1S/C36H21N5/c1-2-7-22(8-3-1)40-31-11-5-4-9-24(31)28-17-21-18-29-23(27(21)19-33(28)40)12-13-25-26-10-6-15-38-35(26)41-32-14-16-37-20-30(32)39-36(41)34(25)29/h1-17,19-20H,18H2. The first kappa shape index (κ1) is 21.3. The van der Waals surface area contributed by atoms with Crippen molar-refractivity contribution in [3.05, 3.63) is 127 Å². The number of para-hydroxylation sites is 2. The Morgan fingerprint density at radius 2 is 1.49 bits per heavy atom. The largest absolute Gasteiger partial charge is 0.309 e. The lowest BCUT2D eigenvalue weighted by molar-refractivity contribution is 1.18. The number of benzene rings is 4. The van der Waals surface area contributed by atoms with Gasteiger partial charge in [0, 0.05) is 39.6 Å². The summed E-state index contributed by atoms with van der Waals surface area (Å²) in [7, 11) is 0. The molecule has 0 radical (unpaired) electrons. The maximum absolute atomic E-state index is 5.13. The van der Waals surface area contributed by atoms with Crippen LogP contribution in [0.2, 0.25) is 0 Å². The van der Waals surface area contributed by atoms with E-state index in [0.29, 0.717) is 0 Å². The van der Waals surface area contributed by atoms with E-state index in [9.17, 15) is 0 Å². The molecular weight excluding hydrogens is 502 g/mol. The van der Waals surface area contributed by atoms with Crippen LogP contribution in [-0.2, 0) is 6.42 Å². The Kier molecular flexibility index (Phi) is 3.92. The van der Waals surface area contributed by atoms with Crippen LogP contribution in [0.4, 0.5) is 0 Å². The van der Waals surface area contributed by atoms with E-state index in [1.165, 1.54) is 60.5 Å². The molecule has 4 aromatic carbocycles. The Bertz CT molecular complexity index is 2550. The van der Waals surface area contributed by atoms with Crippen molar-refractivity contribution in [2.75, 3.05) is 0 Å². The normalized spacial score (nSPS) is 12.8. The number of hydrogen-bond donors (Lipinski definition) is 0. The van der Waals surface area contributed by atoms with E-state index in [1.54, 1.807) is 0 Å². The maximum Gasteiger partial charge on any atom is 0.147 e. The van der Waals surface area contributed by atoms with Gasteiger partial charge in [-0.2, -0.15) is 0 Å². The van der Waals surface area contributed by atoms with E-state index in [0.717, 1.165) is 34.1 Å². The minimum atomic E-state index is 0.867.